The number of hydrogen-bond acceptors (Lipinski definition) is 3. The van der Waals surface area contributed by atoms with Crippen LogP contribution in [0.3, 0.4) is 0 Å². The maximum Gasteiger partial charge on any atom is 0.222 e. The second-order valence-corrected chi connectivity index (χ2v) is 8.23. The van der Waals surface area contributed by atoms with Gasteiger partial charge in [0, 0.05) is 32.0 Å². The number of nitrogens with zero attached hydrogens (tertiary/aromatic N) is 1. The van der Waals surface area contributed by atoms with Crippen LogP contribution in [0.5, 0.6) is 5.75 Å². The third-order valence-corrected chi connectivity index (χ3v) is 4.45. The SMILES string of the molecule is CC(C)(C)CC(=O)NC1CCN(C(=O)CCCOc2ccccc2)CC1. The highest BCUT2D eigenvalue weighted by atomic mass is 16.5. The normalized spacial score (nSPS) is 15.6. The standard InChI is InChI=1S/C21H32N2O3/c1-21(2,3)16-19(24)22-17-11-13-23(14-12-17)20(25)10-7-15-26-18-8-5-4-6-9-18/h4-6,8-9,17H,7,10-16H2,1-3H3,(H,22,24). The average molecular weight is 360 g/mol. The van der Waals surface area contributed by atoms with Gasteiger partial charge >= 0.3 is 0 Å². The van der Waals surface area contributed by atoms with Gasteiger partial charge in [0.2, 0.25) is 11.8 Å². The van der Waals surface area contributed by atoms with E-state index in [2.05, 4.69) is 26.1 Å². The van der Waals surface area contributed by atoms with Gasteiger partial charge in [0.05, 0.1) is 6.61 Å². The molecule has 1 aromatic rings. The Balaban J connectivity index is 1.61. The van der Waals surface area contributed by atoms with Crippen LogP contribution >= 0.6 is 0 Å². The molecule has 26 heavy (non-hydrogen) atoms. The molecule has 1 heterocycles. The summed E-state index contributed by atoms with van der Waals surface area (Å²) in [5.41, 5.74) is 0.00255. The Bertz CT molecular complexity index is 573. The number of carbonyl (C=O) groups is 2. The molecule has 1 aliphatic rings. The van der Waals surface area contributed by atoms with Crippen LogP contribution in [0, 0.1) is 5.41 Å². The van der Waals surface area contributed by atoms with Crippen molar-refractivity contribution >= 4 is 11.8 Å². The number of hydrogen-bond donors (Lipinski definition) is 1. The molecule has 1 fully saturated rings. The first-order chi connectivity index (χ1) is 12.3. The molecular formula is C21H32N2O3. The summed E-state index contributed by atoms with van der Waals surface area (Å²) < 4.78 is 5.63. The van der Waals surface area contributed by atoms with Crippen molar-refractivity contribution in [1.82, 2.24) is 10.2 Å². The lowest BCUT2D eigenvalue weighted by Crippen LogP contribution is -2.47. The van der Waals surface area contributed by atoms with E-state index in [9.17, 15) is 9.59 Å². The second-order valence-electron chi connectivity index (χ2n) is 8.23. The minimum absolute atomic E-state index is 0.00255. The predicted octanol–water partition coefficient (Wildman–Crippen LogP) is 3.39. The van der Waals surface area contributed by atoms with Crippen molar-refractivity contribution in [2.75, 3.05) is 19.7 Å². The number of amides is 2. The van der Waals surface area contributed by atoms with Crippen LogP contribution in [0.1, 0.15) is 52.9 Å². The molecule has 0 radical (unpaired) electrons. The van der Waals surface area contributed by atoms with E-state index in [4.69, 9.17) is 4.74 Å². The molecule has 5 nitrogen and oxygen atoms in total. The van der Waals surface area contributed by atoms with Crippen LogP contribution in [0.4, 0.5) is 0 Å². The average Bonchev–Trinajstić information content (AvgIpc) is 2.58. The van der Waals surface area contributed by atoms with E-state index < -0.39 is 0 Å². The Morgan fingerprint density at radius 1 is 1.15 bits per heavy atom. The molecule has 0 atom stereocenters. The topological polar surface area (TPSA) is 58.6 Å². The van der Waals surface area contributed by atoms with Crippen LogP contribution in [0.25, 0.3) is 0 Å². The van der Waals surface area contributed by atoms with Gasteiger partial charge < -0.3 is 15.0 Å². The monoisotopic (exact) mass is 360 g/mol. The predicted molar refractivity (Wildman–Crippen MR) is 103 cm³/mol. The molecule has 0 saturated carbocycles. The van der Waals surface area contributed by atoms with Crippen LogP contribution in [0.15, 0.2) is 30.3 Å². The Kier molecular flexibility index (Phi) is 7.49. The minimum Gasteiger partial charge on any atom is -0.494 e. The highest BCUT2D eigenvalue weighted by molar-refractivity contribution is 5.77. The smallest absolute Gasteiger partial charge is 0.222 e. The van der Waals surface area contributed by atoms with Crippen molar-refractivity contribution in [2.24, 2.45) is 5.41 Å². The molecule has 0 aromatic heterocycles. The second kappa shape index (κ2) is 9.60. The van der Waals surface area contributed by atoms with E-state index in [1.54, 1.807) is 0 Å². The highest BCUT2D eigenvalue weighted by Gasteiger charge is 2.25. The first-order valence-corrected chi connectivity index (χ1v) is 9.58. The number of benzene rings is 1. The van der Waals surface area contributed by atoms with Crippen LogP contribution in [-0.2, 0) is 9.59 Å². The number of ether oxygens (including phenoxy) is 1. The molecule has 1 N–H and O–H groups in total. The van der Waals surface area contributed by atoms with Crippen molar-refractivity contribution in [1.29, 1.82) is 0 Å². The van der Waals surface area contributed by atoms with E-state index in [1.807, 2.05) is 35.2 Å². The van der Waals surface area contributed by atoms with Crippen LogP contribution < -0.4 is 10.1 Å². The van der Waals surface area contributed by atoms with Gasteiger partial charge in [-0.05, 0) is 36.8 Å². The van der Waals surface area contributed by atoms with E-state index >= 15 is 0 Å². The van der Waals surface area contributed by atoms with Gasteiger partial charge in [-0.25, -0.2) is 0 Å². The summed E-state index contributed by atoms with van der Waals surface area (Å²) in [7, 11) is 0. The number of para-hydroxylation sites is 1. The van der Waals surface area contributed by atoms with E-state index in [-0.39, 0.29) is 23.3 Å². The zero-order chi connectivity index (χ0) is 19.0. The van der Waals surface area contributed by atoms with E-state index in [0.29, 0.717) is 19.4 Å². The van der Waals surface area contributed by atoms with Crippen LogP contribution in [0.2, 0.25) is 0 Å². The first kappa shape index (κ1) is 20.3. The van der Waals surface area contributed by atoms with Gasteiger partial charge in [-0.3, -0.25) is 9.59 Å². The Morgan fingerprint density at radius 3 is 2.42 bits per heavy atom. The fourth-order valence-corrected chi connectivity index (χ4v) is 3.12. The molecule has 144 valence electrons. The molecule has 0 bridgehead atoms. The zero-order valence-electron chi connectivity index (χ0n) is 16.3. The van der Waals surface area contributed by atoms with Crippen molar-refractivity contribution < 1.29 is 14.3 Å². The highest BCUT2D eigenvalue weighted by Crippen LogP contribution is 2.19. The third kappa shape index (κ3) is 7.46. The lowest BCUT2D eigenvalue weighted by Gasteiger charge is -2.33. The molecule has 2 amide bonds. The fraction of sp³-hybridized carbons (Fsp3) is 0.619. The molecular weight excluding hydrogens is 328 g/mol. The molecule has 0 aliphatic carbocycles. The van der Waals surface area contributed by atoms with Gasteiger partial charge in [0.1, 0.15) is 5.75 Å². The van der Waals surface area contributed by atoms with Gasteiger partial charge in [-0.15, -0.1) is 0 Å². The molecule has 0 spiro atoms. The van der Waals surface area contributed by atoms with Gasteiger partial charge in [-0.1, -0.05) is 39.0 Å². The maximum absolute atomic E-state index is 12.3. The molecule has 1 aliphatic heterocycles. The lowest BCUT2D eigenvalue weighted by molar-refractivity contribution is -0.132. The van der Waals surface area contributed by atoms with Gasteiger partial charge in [-0.2, -0.15) is 0 Å². The maximum atomic E-state index is 12.3. The number of carbonyl (C=O) groups excluding carboxylic acids is 2. The molecule has 5 heteroatoms. The number of nitrogens with one attached hydrogen (secondary N) is 1. The summed E-state index contributed by atoms with van der Waals surface area (Å²) in [4.78, 5) is 26.2. The Hall–Kier alpha value is -2.04. The summed E-state index contributed by atoms with van der Waals surface area (Å²) in [5.74, 6) is 1.13. The number of likely N-dealkylation sites (tertiary alicyclic amines) is 1. The van der Waals surface area contributed by atoms with E-state index in [1.165, 1.54) is 0 Å². The van der Waals surface area contributed by atoms with E-state index in [0.717, 1.165) is 38.1 Å². The summed E-state index contributed by atoms with van der Waals surface area (Å²) >= 11 is 0. The van der Waals surface area contributed by atoms with Crippen LogP contribution in [-0.4, -0.2) is 42.5 Å². The zero-order valence-corrected chi connectivity index (χ0v) is 16.3. The first-order valence-electron chi connectivity index (χ1n) is 9.58. The van der Waals surface area contributed by atoms with Crippen molar-refractivity contribution in [3.63, 3.8) is 0 Å². The van der Waals surface area contributed by atoms with Gasteiger partial charge in [0.15, 0.2) is 0 Å². The third-order valence-electron chi connectivity index (χ3n) is 4.45. The summed E-state index contributed by atoms with van der Waals surface area (Å²) in [5, 5.41) is 3.11. The number of piperidine rings is 1. The molecule has 0 unspecified atom stereocenters. The lowest BCUT2D eigenvalue weighted by atomic mass is 9.91. The minimum atomic E-state index is 0.00255. The summed E-state index contributed by atoms with van der Waals surface area (Å²) in [6.07, 6.45) is 3.43. The van der Waals surface area contributed by atoms with Gasteiger partial charge in [0.25, 0.3) is 0 Å². The van der Waals surface area contributed by atoms with Crippen molar-refractivity contribution in [3.05, 3.63) is 30.3 Å². The molecule has 2 rings (SSSR count). The van der Waals surface area contributed by atoms with Crippen molar-refractivity contribution in [2.45, 2.75) is 58.9 Å². The fourth-order valence-electron chi connectivity index (χ4n) is 3.12. The Morgan fingerprint density at radius 2 is 1.81 bits per heavy atom. The summed E-state index contributed by atoms with van der Waals surface area (Å²) in [6, 6.07) is 9.85. The quantitative estimate of drug-likeness (QED) is 0.758. The largest absolute Gasteiger partial charge is 0.494 e. The number of rotatable bonds is 7. The molecule has 1 saturated heterocycles. The Labute approximate surface area is 157 Å². The van der Waals surface area contributed by atoms with Crippen molar-refractivity contribution in [3.8, 4) is 5.75 Å². The molecule has 1 aromatic carbocycles. The summed E-state index contributed by atoms with van der Waals surface area (Å²) in [6.45, 7) is 8.19.